The van der Waals surface area contributed by atoms with Crippen molar-refractivity contribution in [3.63, 3.8) is 0 Å². The van der Waals surface area contributed by atoms with Crippen molar-refractivity contribution in [1.29, 1.82) is 0 Å². The van der Waals surface area contributed by atoms with Crippen molar-refractivity contribution in [2.75, 3.05) is 45.3 Å². The largest absolute Gasteiger partial charge is 0.491 e. The van der Waals surface area contributed by atoms with Crippen molar-refractivity contribution in [1.82, 2.24) is 5.32 Å². The Hall–Kier alpha value is -1.63. The molecule has 0 aromatic heterocycles. The van der Waals surface area contributed by atoms with Crippen molar-refractivity contribution in [3.05, 3.63) is 24.3 Å². The molecule has 6 nitrogen and oxygen atoms in total. The Bertz CT molecular complexity index is 561. The van der Waals surface area contributed by atoms with Crippen LogP contribution in [0.1, 0.15) is 25.7 Å². The van der Waals surface area contributed by atoms with Crippen LogP contribution in [0.4, 0.5) is 5.69 Å². The number of nitrogens with one attached hydrogen (secondary N) is 2. The number of carbonyl (C=O) groups excluding carboxylic acids is 1. The molecule has 2 saturated heterocycles. The molecular weight excluding hydrogens is 320 g/mol. The molecule has 0 spiro atoms. The molecule has 1 unspecified atom stereocenters. The summed E-state index contributed by atoms with van der Waals surface area (Å²) in [6.45, 7) is 3.48. The molecule has 2 fully saturated rings. The van der Waals surface area contributed by atoms with E-state index in [0.717, 1.165) is 56.8 Å². The minimum absolute atomic E-state index is 0.0205. The number of methoxy groups -OCH3 is 1. The highest BCUT2D eigenvalue weighted by Crippen LogP contribution is 2.31. The Labute approximate surface area is 149 Å². The van der Waals surface area contributed by atoms with Crippen LogP contribution in [0.15, 0.2) is 24.3 Å². The molecule has 1 aromatic carbocycles. The van der Waals surface area contributed by atoms with Crippen LogP contribution < -0.4 is 15.4 Å². The number of benzene rings is 1. The summed E-state index contributed by atoms with van der Waals surface area (Å²) >= 11 is 0. The highest BCUT2D eigenvalue weighted by atomic mass is 16.5. The molecule has 6 heteroatoms. The summed E-state index contributed by atoms with van der Waals surface area (Å²) in [6.07, 6.45) is 3.88. The molecule has 2 aliphatic heterocycles. The number of ether oxygens (including phenoxy) is 3. The van der Waals surface area contributed by atoms with E-state index in [1.807, 2.05) is 24.3 Å². The van der Waals surface area contributed by atoms with E-state index >= 15 is 0 Å². The first-order valence-corrected chi connectivity index (χ1v) is 9.07. The van der Waals surface area contributed by atoms with Crippen molar-refractivity contribution >= 4 is 11.6 Å². The van der Waals surface area contributed by atoms with Crippen LogP contribution in [-0.4, -0.2) is 52.0 Å². The zero-order valence-corrected chi connectivity index (χ0v) is 14.9. The summed E-state index contributed by atoms with van der Waals surface area (Å²) in [5, 5.41) is 6.35. The minimum atomic E-state index is -0.464. The maximum atomic E-state index is 12.9. The van der Waals surface area contributed by atoms with Gasteiger partial charge in [0.25, 0.3) is 0 Å². The number of hydrogen-bond acceptors (Lipinski definition) is 5. The molecule has 2 aliphatic rings. The van der Waals surface area contributed by atoms with Crippen LogP contribution in [0.25, 0.3) is 0 Å². The number of hydrogen-bond donors (Lipinski definition) is 2. The molecule has 138 valence electrons. The second-order valence-corrected chi connectivity index (χ2v) is 6.89. The molecule has 1 aromatic rings. The van der Waals surface area contributed by atoms with Crippen molar-refractivity contribution in [2.24, 2.45) is 5.41 Å². The summed E-state index contributed by atoms with van der Waals surface area (Å²) in [7, 11) is 1.65. The minimum Gasteiger partial charge on any atom is -0.491 e. The van der Waals surface area contributed by atoms with Gasteiger partial charge in [0.15, 0.2) is 0 Å². The van der Waals surface area contributed by atoms with Crippen molar-refractivity contribution in [3.8, 4) is 5.75 Å². The summed E-state index contributed by atoms with van der Waals surface area (Å²) in [5.41, 5.74) is 0.290. The van der Waals surface area contributed by atoms with Crippen molar-refractivity contribution in [2.45, 2.75) is 31.8 Å². The first-order valence-electron chi connectivity index (χ1n) is 9.07. The smallest absolute Gasteiger partial charge is 0.233 e. The fraction of sp³-hybridized carbons (Fsp3) is 0.632. The molecular formula is C19H28N2O4. The third kappa shape index (κ3) is 4.71. The van der Waals surface area contributed by atoms with E-state index in [2.05, 4.69) is 10.6 Å². The zero-order valence-electron chi connectivity index (χ0n) is 14.9. The van der Waals surface area contributed by atoms with E-state index < -0.39 is 5.41 Å². The average Bonchev–Trinajstić information content (AvgIpc) is 3.15. The lowest BCUT2D eigenvalue weighted by Crippen LogP contribution is -2.47. The van der Waals surface area contributed by atoms with Gasteiger partial charge in [0.1, 0.15) is 12.4 Å². The molecule has 2 N–H and O–H groups in total. The lowest BCUT2D eigenvalue weighted by Gasteiger charge is -2.35. The monoisotopic (exact) mass is 348 g/mol. The Balaban J connectivity index is 1.60. The Morgan fingerprint density at radius 3 is 2.96 bits per heavy atom. The second-order valence-electron chi connectivity index (χ2n) is 6.89. The highest BCUT2D eigenvalue weighted by molar-refractivity contribution is 5.95. The lowest BCUT2D eigenvalue weighted by molar-refractivity contribution is -0.130. The maximum absolute atomic E-state index is 12.9. The van der Waals surface area contributed by atoms with Crippen LogP contribution >= 0.6 is 0 Å². The van der Waals surface area contributed by atoms with Gasteiger partial charge in [0.05, 0.1) is 18.1 Å². The maximum Gasteiger partial charge on any atom is 0.233 e. The molecule has 1 amide bonds. The van der Waals surface area contributed by atoms with Gasteiger partial charge in [-0.3, -0.25) is 4.79 Å². The van der Waals surface area contributed by atoms with Crippen LogP contribution in [0.3, 0.4) is 0 Å². The normalized spacial score (nSPS) is 22.5. The van der Waals surface area contributed by atoms with E-state index in [1.54, 1.807) is 7.11 Å². The fourth-order valence-electron chi connectivity index (χ4n) is 3.51. The number of rotatable bonds is 7. The van der Waals surface area contributed by atoms with E-state index in [4.69, 9.17) is 14.2 Å². The van der Waals surface area contributed by atoms with Gasteiger partial charge in [-0.15, -0.1) is 0 Å². The predicted octanol–water partition coefficient (Wildman–Crippen LogP) is 2.20. The van der Waals surface area contributed by atoms with E-state index in [1.165, 1.54) is 0 Å². The number of piperidine rings is 1. The molecule has 0 radical (unpaired) electrons. The molecule has 1 atom stereocenters. The van der Waals surface area contributed by atoms with Gasteiger partial charge < -0.3 is 24.8 Å². The zero-order chi connectivity index (χ0) is 17.5. The van der Waals surface area contributed by atoms with Gasteiger partial charge in [0, 0.05) is 25.5 Å². The number of carbonyl (C=O) groups is 1. The van der Waals surface area contributed by atoms with Gasteiger partial charge >= 0.3 is 0 Å². The van der Waals surface area contributed by atoms with E-state index in [-0.39, 0.29) is 12.0 Å². The van der Waals surface area contributed by atoms with Crippen LogP contribution in [0, 0.1) is 5.41 Å². The summed E-state index contributed by atoms with van der Waals surface area (Å²) in [6, 6.07) is 7.55. The lowest BCUT2D eigenvalue weighted by atomic mass is 9.78. The first kappa shape index (κ1) is 18.2. The van der Waals surface area contributed by atoms with Crippen LogP contribution in [0.5, 0.6) is 5.75 Å². The molecule has 25 heavy (non-hydrogen) atoms. The summed E-state index contributed by atoms with van der Waals surface area (Å²) < 4.78 is 16.7. The van der Waals surface area contributed by atoms with Crippen LogP contribution in [0.2, 0.25) is 0 Å². The van der Waals surface area contributed by atoms with Gasteiger partial charge in [-0.25, -0.2) is 0 Å². The second kappa shape index (κ2) is 8.65. The molecule has 2 heterocycles. The van der Waals surface area contributed by atoms with E-state index in [0.29, 0.717) is 13.2 Å². The highest BCUT2D eigenvalue weighted by Gasteiger charge is 2.39. The summed E-state index contributed by atoms with van der Waals surface area (Å²) in [5.74, 6) is 0.770. The Kier molecular flexibility index (Phi) is 6.29. The van der Waals surface area contributed by atoms with Gasteiger partial charge in [0.2, 0.25) is 5.91 Å². The van der Waals surface area contributed by atoms with Gasteiger partial charge in [-0.1, -0.05) is 6.07 Å². The topological polar surface area (TPSA) is 68.8 Å². The number of amides is 1. The quantitative estimate of drug-likeness (QED) is 0.791. The predicted molar refractivity (Wildman–Crippen MR) is 96.0 cm³/mol. The standard InChI is InChI=1S/C19H28N2O4/c1-23-14-19(7-9-20-10-8-19)18(22)21-15-4-2-5-16(12-15)25-13-17-6-3-11-24-17/h2,4-5,12,17,20H,3,6-11,13-14H2,1H3,(H,21,22). The SMILES string of the molecule is COCC1(C(=O)Nc2cccc(OCC3CCCO3)c2)CCNCC1. The summed E-state index contributed by atoms with van der Waals surface area (Å²) in [4.78, 5) is 12.9. The molecule has 0 saturated carbocycles. The third-order valence-electron chi connectivity index (χ3n) is 5.01. The van der Waals surface area contributed by atoms with Crippen molar-refractivity contribution < 1.29 is 19.0 Å². The average molecular weight is 348 g/mol. The molecule has 0 bridgehead atoms. The van der Waals surface area contributed by atoms with Gasteiger partial charge in [-0.2, -0.15) is 0 Å². The third-order valence-corrected chi connectivity index (χ3v) is 5.01. The number of anilines is 1. The molecule has 0 aliphatic carbocycles. The van der Waals surface area contributed by atoms with Crippen LogP contribution in [-0.2, 0) is 14.3 Å². The fourth-order valence-corrected chi connectivity index (χ4v) is 3.51. The first-order chi connectivity index (χ1) is 12.2. The Morgan fingerprint density at radius 2 is 2.24 bits per heavy atom. The van der Waals surface area contributed by atoms with E-state index in [9.17, 15) is 4.79 Å². The van der Waals surface area contributed by atoms with Gasteiger partial charge in [-0.05, 0) is 50.9 Å². The Morgan fingerprint density at radius 1 is 1.40 bits per heavy atom. The molecule has 3 rings (SSSR count).